The van der Waals surface area contributed by atoms with Gasteiger partial charge in [-0.2, -0.15) is 5.10 Å². The molecule has 0 radical (unpaired) electrons. The van der Waals surface area contributed by atoms with Crippen LogP contribution < -0.4 is 5.32 Å². The zero-order valence-corrected chi connectivity index (χ0v) is 16.1. The van der Waals surface area contributed by atoms with Gasteiger partial charge in [-0.15, -0.1) is 11.3 Å². The third-order valence-corrected chi connectivity index (χ3v) is 5.35. The van der Waals surface area contributed by atoms with Crippen LogP contribution in [0.2, 0.25) is 0 Å². The first-order valence-corrected chi connectivity index (χ1v) is 9.46. The maximum atomic E-state index is 13.9. The molecule has 28 heavy (non-hydrogen) atoms. The van der Waals surface area contributed by atoms with Gasteiger partial charge in [0.25, 0.3) is 5.91 Å². The van der Waals surface area contributed by atoms with Crippen LogP contribution in [0.3, 0.4) is 0 Å². The van der Waals surface area contributed by atoms with E-state index in [1.807, 2.05) is 49.5 Å². The molecule has 5 nitrogen and oxygen atoms in total. The molecule has 0 saturated carbocycles. The van der Waals surface area contributed by atoms with Gasteiger partial charge in [-0.05, 0) is 36.8 Å². The van der Waals surface area contributed by atoms with Gasteiger partial charge in [0.15, 0.2) is 11.6 Å². The van der Waals surface area contributed by atoms with Crippen molar-refractivity contribution in [2.24, 2.45) is 7.05 Å². The summed E-state index contributed by atoms with van der Waals surface area (Å²) >= 11 is 1.32. The molecule has 0 aliphatic heterocycles. The molecule has 7 heteroatoms. The molecule has 1 amide bonds. The third kappa shape index (κ3) is 3.57. The predicted molar refractivity (Wildman–Crippen MR) is 109 cm³/mol. The number of aryl methyl sites for hydroxylation is 2. The second kappa shape index (κ2) is 7.36. The van der Waals surface area contributed by atoms with Crippen molar-refractivity contribution in [2.45, 2.75) is 6.92 Å². The lowest BCUT2D eigenvalue weighted by Gasteiger charge is -2.04. The summed E-state index contributed by atoms with van der Waals surface area (Å²) < 4.78 is 15.7. The van der Waals surface area contributed by atoms with E-state index >= 15 is 0 Å². The molecule has 4 rings (SSSR count). The smallest absolute Gasteiger partial charge is 0.266 e. The van der Waals surface area contributed by atoms with Crippen LogP contribution in [0.1, 0.15) is 15.2 Å². The van der Waals surface area contributed by atoms with Crippen molar-refractivity contribution in [2.75, 3.05) is 5.32 Å². The normalized spacial score (nSPS) is 10.8. The molecule has 0 aliphatic rings. The molecule has 0 bridgehead atoms. The highest BCUT2D eigenvalue weighted by Crippen LogP contribution is 2.31. The summed E-state index contributed by atoms with van der Waals surface area (Å²) in [6, 6.07) is 16.8. The molecular weight excluding hydrogens is 375 g/mol. The van der Waals surface area contributed by atoms with Crippen LogP contribution in [0.4, 0.5) is 10.2 Å². The fourth-order valence-corrected chi connectivity index (χ4v) is 3.79. The highest BCUT2D eigenvalue weighted by molar-refractivity contribution is 7.17. The zero-order valence-electron chi connectivity index (χ0n) is 15.3. The van der Waals surface area contributed by atoms with E-state index in [0.29, 0.717) is 10.4 Å². The number of carbonyl (C=O) groups is 1. The topological polar surface area (TPSA) is 59.8 Å². The van der Waals surface area contributed by atoms with Crippen LogP contribution in [0.5, 0.6) is 0 Å². The Labute approximate surface area is 165 Å². The fourth-order valence-electron chi connectivity index (χ4n) is 2.84. The summed E-state index contributed by atoms with van der Waals surface area (Å²) in [4.78, 5) is 17.8. The van der Waals surface area contributed by atoms with E-state index in [1.54, 1.807) is 17.7 Å². The van der Waals surface area contributed by atoms with Crippen molar-refractivity contribution in [3.05, 3.63) is 77.1 Å². The Bertz CT molecular complexity index is 1150. The molecule has 0 fully saturated rings. The van der Waals surface area contributed by atoms with Crippen molar-refractivity contribution in [3.63, 3.8) is 0 Å². The van der Waals surface area contributed by atoms with Gasteiger partial charge < -0.3 is 5.32 Å². The number of nitrogens with zero attached hydrogens (tertiary/aromatic N) is 3. The molecule has 0 atom stereocenters. The Balaban J connectivity index is 1.58. The van der Waals surface area contributed by atoms with Crippen LogP contribution in [0, 0.1) is 12.7 Å². The van der Waals surface area contributed by atoms with E-state index in [1.165, 1.54) is 23.6 Å². The Hall–Kier alpha value is -3.32. The first-order valence-electron chi connectivity index (χ1n) is 8.64. The summed E-state index contributed by atoms with van der Waals surface area (Å²) in [6.07, 6.45) is 1.51. The lowest BCUT2D eigenvalue weighted by molar-refractivity contribution is 0.102. The van der Waals surface area contributed by atoms with Crippen molar-refractivity contribution in [1.82, 2.24) is 14.8 Å². The zero-order chi connectivity index (χ0) is 19.7. The third-order valence-electron chi connectivity index (χ3n) is 4.24. The van der Waals surface area contributed by atoms with E-state index < -0.39 is 11.7 Å². The van der Waals surface area contributed by atoms with Gasteiger partial charge >= 0.3 is 0 Å². The van der Waals surface area contributed by atoms with Gasteiger partial charge in [-0.3, -0.25) is 9.48 Å². The van der Waals surface area contributed by atoms with E-state index in [-0.39, 0.29) is 5.82 Å². The first-order chi connectivity index (χ1) is 13.5. The average Bonchev–Trinajstić information content (AvgIpc) is 3.31. The number of halogens is 1. The second-order valence-corrected chi connectivity index (χ2v) is 7.45. The summed E-state index contributed by atoms with van der Waals surface area (Å²) in [5.74, 6) is -1.02. The van der Waals surface area contributed by atoms with E-state index in [4.69, 9.17) is 0 Å². The molecule has 0 saturated heterocycles. The minimum absolute atomic E-state index is 0.0718. The van der Waals surface area contributed by atoms with E-state index in [9.17, 15) is 9.18 Å². The van der Waals surface area contributed by atoms with Crippen LogP contribution >= 0.6 is 11.3 Å². The molecule has 4 aromatic rings. The fraction of sp³-hybridized carbons (Fsp3) is 0.0952. The van der Waals surface area contributed by atoms with Crippen LogP contribution in [0.25, 0.3) is 21.8 Å². The number of anilines is 1. The van der Waals surface area contributed by atoms with Crippen molar-refractivity contribution in [1.29, 1.82) is 0 Å². The molecule has 1 aromatic carbocycles. The molecule has 140 valence electrons. The molecular formula is C21H17FN4OS. The van der Waals surface area contributed by atoms with Crippen molar-refractivity contribution >= 4 is 23.1 Å². The molecule has 0 unspecified atom stereocenters. The standard InChI is InChI=1S/C21H17FN4OS/c1-13-10-15(22)20(23-12-13)24-21(27)19-9-8-18(28-19)17-11-16(25-26(17)2)14-6-4-3-5-7-14/h3-12H,1-2H3,(H,23,24,27). The van der Waals surface area contributed by atoms with Gasteiger partial charge in [0.05, 0.1) is 21.1 Å². The number of carbonyl (C=O) groups excluding carboxylic acids is 1. The number of hydrogen-bond donors (Lipinski definition) is 1. The van der Waals surface area contributed by atoms with Crippen molar-refractivity contribution < 1.29 is 9.18 Å². The molecule has 1 N–H and O–H groups in total. The monoisotopic (exact) mass is 392 g/mol. The highest BCUT2D eigenvalue weighted by atomic mass is 32.1. The van der Waals surface area contributed by atoms with Gasteiger partial charge in [0.1, 0.15) is 0 Å². The quantitative estimate of drug-likeness (QED) is 0.537. The Morgan fingerprint density at radius 1 is 1.14 bits per heavy atom. The summed E-state index contributed by atoms with van der Waals surface area (Å²) in [5.41, 5.74) is 3.49. The molecule has 0 spiro atoms. The number of benzene rings is 1. The van der Waals surface area contributed by atoms with Crippen molar-refractivity contribution in [3.8, 4) is 21.8 Å². The second-order valence-electron chi connectivity index (χ2n) is 6.37. The lowest BCUT2D eigenvalue weighted by Crippen LogP contribution is -2.12. The maximum absolute atomic E-state index is 13.9. The summed E-state index contributed by atoms with van der Waals surface area (Å²) in [5, 5.41) is 7.09. The van der Waals surface area contributed by atoms with E-state index in [0.717, 1.165) is 21.8 Å². The first kappa shape index (κ1) is 18.1. The van der Waals surface area contributed by atoms with Gasteiger partial charge in [-0.1, -0.05) is 30.3 Å². The minimum atomic E-state index is -0.552. The van der Waals surface area contributed by atoms with Gasteiger partial charge in [-0.25, -0.2) is 9.37 Å². The number of nitrogens with one attached hydrogen (secondary N) is 1. The minimum Gasteiger partial charge on any atom is -0.303 e. The van der Waals surface area contributed by atoms with Gasteiger partial charge in [0.2, 0.25) is 0 Å². The Morgan fingerprint density at radius 2 is 1.93 bits per heavy atom. The van der Waals surface area contributed by atoms with Crippen LogP contribution in [0.15, 0.2) is 60.8 Å². The number of aromatic nitrogens is 3. The summed E-state index contributed by atoms with van der Waals surface area (Å²) in [6.45, 7) is 1.74. The summed E-state index contributed by atoms with van der Waals surface area (Å²) in [7, 11) is 1.87. The largest absolute Gasteiger partial charge is 0.303 e. The predicted octanol–water partition coefficient (Wildman–Crippen LogP) is 4.91. The average molecular weight is 392 g/mol. The number of hydrogen-bond acceptors (Lipinski definition) is 4. The Morgan fingerprint density at radius 3 is 2.68 bits per heavy atom. The van der Waals surface area contributed by atoms with E-state index in [2.05, 4.69) is 15.4 Å². The van der Waals surface area contributed by atoms with Crippen LogP contribution in [-0.4, -0.2) is 20.7 Å². The number of amides is 1. The maximum Gasteiger partial charge on any atom is 0.266 e. The number of rotatable bonds is 4. The Kier molecular flexibility index (Phi) is 4.75. The number of pyridine rings is 1. The molecule has 3 aromatic heterocycles. The molecule has 3 heterocycles. The van der Waals surface area contributed by atoms with Crippen LogP contribution in [-0.2, 0) is 7.05 Å². The number of thiophene rings is 1. The molecule has 0 aliphatic carbocycles. The SMILES string of the molecule is Cc1cnc(NC(=O)c2ccc(-c3cc(-c4ccccc4)nn3C)s2)c(F)c1. The highest BCUT2D eigenvalue weighted by Gasteiger charge is 2.16. The lowest BCUT2D eigenvalue weighted by atomic mass is 10.1. The van der Waals surface area contributed by atoms with Gasteiger partial charge in [0, 0.05) is 18.8 Å².